The fourth-order valence-corrected chi connectivity index (χ4v) is 5.63. The van der Waals surface area contributed by atoms with E-state index in [-0.39, 0.29) is 30.3 Å². The Balaban J connectivity index is -0.000000428. The number of rotatable bonds is 8. The largest absolute Gasteiger partial charge is 1.00 e. The summed E-state index contributed by atoms with van der Waals surface area (Å²) in [4.78, 5) is 0. The molecule has 0 aromatic carbocycles. The van der Waals surface area contributed by atoms with Crippen molar-refractivity contribution in [3.8, 4) is 0 Å². The van der Waals surface area contributed by atoms with Crippen molar-refractivity contribution < 1.29 is 47.8 Å². The van der Waals surface area contributed by atoms with Gasteiger partial charge in [-0.15, -0.1) is 12.8 Å². The van der Waals surface area contributed by atoms with Crippen molar-refractivity contribution in [2.45, 2.75) is 118 Å². The Morgan fingerprint density at radius 2 is 1.03 bits per heavy atom. The summed E-state index contributed by atoms with van der Waals surface area (Å²) in [5.41, 5.74) is 3.48. The van der Waals surface area contributed by atoms with Gasteiger partial charge in [-0.25, -0.2) is 22.5 Å². The Morgan fingerprint density at radius 3 is 1.22 bits per heavy atom. The molecule has 2 aliphatic carbocycles. The predicted octanol–water partition coefficient (Wildman–Crippen LogP) is 3.02. The van der Waals surface area contributed by atoms with Gasteiger partial charge >= 0.3 is 41.6 Å². The first kappa shape index (κ1) is 37.6. The molecule has 0 aromatic rings. The van der Waals surface area contributed by atoms with Crippen LogP contribution in [-0.2, 0) is 23.0 Å². The molecule has 0 saturated carbocycles. The summed E-state index contributed by atoms with van der Waals surface area (Å²) in [6, 6.07) is 0. The first-order valence-electron chi connectivity index (χ1n) is 11.9. The van der Waals surface area contributed by atoms with E-state index >= 15 is 0 Å². The molecule has 2 rings (SSSR count). The number of hydrogen-bond acceptors (Lipinski definition) is 0. The molecule has 0 fully saturated rings. The fourth-order valence-electron chi connectivity index (χ4n) is 3.12. The van der Waals surface area contributed by atoms with Gasteiger partial charge in [-0.05, 0) is 12.8 Å². The van der Waals surface area contributed by atoms with E-state index in [1.165, 1.54) is 61.5 Å². The zero-order valence-corrected chi connectivity index (χ0v) is 30.7. The minimum atomic E-state index is -1.08. The van der Waals surface area contributed by atoms with Crippen molar-refractivity contribution in [3.05, 3.63) is 45.8 Å². The number of hydrogen-bond donors (Lipinski definition) is 0. The normalized spacial score (nSPS) is 14.9. The average Bonchev–Trinajstić information content (AvgIpc) is 3.27. The molecule has 0 atom stereocenters. The van der Waals surface area contributed by atoms with Gasteiger partial charge in [0.2, 0.25) is 0 Å². The molecular weight excluding hydrogens is 646 g/mol. The molecule has 0 heterocycles. The molecular formula is C26H48Cl2HfSi3-2. The van der Waals surface area contributed by atoms with E-state index in [2.05, 4.69) is 90.5 Å². The van der Waals surface area contributed by atoms with E-state index in [9.17, 15) is 0 Å². The second-order valence-corrected chi connectivity index (χ2v) is 33.7. The maximum Gasteiger partial charge on any atom is -1.00 e. The maximum atomic E-state index is 3.54. The second kappa shape index (κ2) is 19.3. The van der Waals surface area contributed by atoms with E-state index in [1.807, 2.05) is 0 Å². The number of unbranched alkanes of at least 4 members (excludes halogenated alkanes) is 2. The molecule has 184 valence electrons. The van der Waals surface area contributed by atoms with Crippen LogP contribution < -0.4 is 24.8 Å². The minimum absolute atomic E-state index is 0. The van der Waals surface area contributed by atoms with Gasteiger partial charge in [0.1, 0.15) is 0 Å². The van der Waals surface area contributed by atoms with E-state index < -0.39 is 16.1 Å². The molecule has 6 heteroatoms. The second-order valence-electron chi connectivity index (χ2n) is 10.8. The van der Waals surface area contributed by atoms with Crippen LogP contribution in [0.5, 0.6) is 0 Å². The van der Waals surface area contributed by atoms with Crippen molar-refractivity contribution >= 4 is 21.6 Å². The predicted molar refractivity (Wildman–Crippen MR) is 142 cm³/mol. The van der Waals surface area contributed by atoms with Crippen LogP contribution in [0.2, 0.25) is 52.4 Å². The Morgan fingerprint density at radius 1 is 0.750 bits per heavy atom. The molecule has 0 aromatic heterocycles. The van der Waals surface area contributed by atoms with E-state index in [4.69, 9.17) is 0 Å². The Labute approximate surface area is 231 Å². The van der Waals surface area contributed by atoms with Crippen LogP contribution in [0.4, 0.5) is 0 Å². The van der Waals surface area contributed by atoms with Gasteiger partial charge in [0.05, 0.1) is 0 Å². The van der Waals surface area contributed by atoms with Crippen molar-refractivity contribution in [2.75, 3.05) is 0 Å². The SMILES string of the molecule is CCCCC1=CC([Si](C)(C)C)=[C-]C1.CCCCC1=CC([Si](C)(C)C)=[C-]C1.C[Si](C)=[Hf+2].[Cl-].[Cl-]. The fraction of sp³-hybridized carbons (Fsp3) is 0.692. The smallest absolute Gasteiger partial charge is 1.00 e. The number of halogens is 2. The molecule has 0 aliphatic heterocycles. The summed E-state index contributed by atoms with van der Waals surface area (Å²) in [7, 11) is -2.15. The summed E-state index contributed by atoms with van der Waals surface area (Å²) in [5.74, 6) is 0. The van der Waals surface area contributed by atoms with E-state index in [0.29, 0.717) is 0 Å². The van der Waals surface area contributed by atoms with E-state index in [1.54, 1.807) is 21.5 Å². The van der Waals surface area contributed by atoms with Crippen LogP contribution in [0.25, 0.3) is 0 Å². The van der Waals surface area contributed by atoms with Gasteiger partial charge < -0.3 is 24.8 Å². The first-order valence-corrected chi connectivity index (χ1v) is 26.8. The average molecular weight is 694 g/mol. The molecule has 0 bridgehead atoms. The van der Waals surface area contributed by atoms with Gasteiger partial charge in [-0.3, -0.25) is 12.2 Å². The topological polar surface area (TPSA) is 0 Å². The molecule has 32 heavy (non-hydrogen) atoms. The van der Waals surface area contributed by atoms with Crippen LogP contribution in [0, 0.1) is 12.2 Å². The monoisotopic (exact) mass is 694 g/mol. The zero-order chi connectivity index (χ0) is 23.4. The van der Waals surface area contributed by atoms with Crippen LogP contribution >= 0.6 is 0 Å². The molecule has 0 N–H and O–H groups in total. The number of allylic oxidation sites excluding steroid dienone is 8. The Hall–Kier alpha value is 1.06. The molecule has 0 spiro atoms. The van der Waals surface area contributed by atoms with Gasteiger partial charge in [-0.2, -0.15) is 11.1 Å². The zero-order valence-electron chi connectivity index (χ0n) is 22.6. The quantitative estimate of drug-likeness (QED) is 0.271. The van der Waals surface area contributed by atoms with E-state index in [0.717, 1.165) is 12.8 Å². The van der Waals surface area contributed by atoms with Crippen molar-refractivity contribution in [1.82, 2.24) is 0 Å². The molecule has 0 amide bonds. The summed E-state index contributed by atoms with van der Waals surface area (Å²) >= 11 is 1.45. The first-order chi connectivity index (χ1) is 13.8. The Kier molecular flexibility index (Phi) is 22.7. The van der Waals surface area contributed by atoms with Crippen LogP contribution in [0.1, 0.15) is 65.2 Å². The van der Waals surface area contributed by atoms with Crippen LogP contribution in [-0.4, -0.2) is 21.6 Å². The van der Waals surface area contributed by atoms with Crippen LogP contribution in [0.3, 0.4) is 0 Å². The molecule has 0 unspecified atom stereocenters. The van der Waals surface area contributed by atoms with Gasteiger partial charge in [0.15, 0.2) is 0 Å². The molecule has 0 saturated heterocycles. The van der Waals surface area contributed by atoms with Gasteiger partial charge in [0, 0.05) is 16.1 Å². The van der Waals surface area contributed by atoms with Crippen molar-refractivity contribution in [1.29, 1.82) is 0 Å². The van der Waals surface area contributed by atoms with Gasteiger partial charge in [-0.1, -0.05) is 78.8 Å². The van der Waals surface area contributed by atoms with Crippen molar-refractivity contribution in [2.24, 2.45) is 0 Å². The third-order valence-electron chi connectivity index (χ3n) is 5.03. The summed E-state index contributed by atoms with van der Waals surface area (Å²) in [5, 5.41) is 3.08. The maximum absolute atomic E-state index is 3.54. The summed E-state index contributed by atoms with van der Waals surface area (Å²) in [6.45, 7) is 23.6. The molecule has 0 nitrogen and oxygen atoms in total. The minimum Gasteiger partial charge on any atom is -1.00 e. The standard InChI is InChI=1S/2C12H21Si.C2H6Si.2ClH.Hf/c2*1-5-6-7-11-8-9-12(10-11)13(2,3)4;1-3-2;;;/h2*10H,5-8H2,1-4H3;1-2H3;2*1H;/q2*-1;;;;+2/p-2. The molecule has 0 radical (unpaired) electrons. The third-order valence-corrected chi connectivity index (χ3v) is 8.90. The Bertz CT molecular complexity index is 608. The van der Waals surface area contributed by atoms with Crippen molar-refractivity contribution in [3.63, 3.8) is 0 Å². The third kappa shape index (κ3) is 18.4. The molecule has 2 aliphatic rings. The summed E-state index contributed by atoms with van der Waals surface area (Å²) < 4.78 is 0. The van der Waals surface area contributed by atoms with Crippen LogP contribution in [0.15, 0.2) is 33.7 Å². The van der Waals surface area contributed by atoms with Gasteiger partial charge in [0.25, 0.3) is 0 Å². The summed E-state index contributed by atoms with van der Waals surface area (Å²) in [6.07, 6.45) is 22.0.